The molecule has 0 spiro atoms. The summed E-state index contributed by atoms with van der Waals surface area (Å²) in [6.45, 7) is -0.511. The second-order valence-corrected chi connectivity index (χ2v) is 7.94. The minimum Gasteiger partial charge on any atom is -0.458 e. The van der Waals surface area contributed by atoms with Gasteiger partial charge in [0.2, 0.25) is 12.7 Å². The van der Waals surface area contributed by atoms with Gasteiger partial charge in [0.1, 0.15) is 13.2 Å². The number of benzene rings is 1. The highest BCUT2D eigenvalue weighted by Crippen LogP contribution is 2.42. The monoisotopic (exact) mass is 451 g/mol. The molecule has 1 atom stereocenters. The third kappa shape index (κ3) is 2.82. The van der Waals surface area contributed by atoms with Crippen LogP contribution in [0.5, 0.6) is 11.5 Å². The average molecular weight is 451 g/mol. The van der Waals surface area contributed by atoms with Gasteiger partial charge in [0.15, 0.2) is 17.6 Å². The van der Waals surface area contributed by atoms with E-state index >= 15 is 0 Å². The third-order valence-electron chi connectivity index (χ3n) is 6.17. The van der Waals surface area contributed by atoms with Gasteiger partial charge in [-0.2, -0.15) is 0 Å². The maximum Gasteiger partial charge on any atom is 0.340 e. The van der Waals surface area contributed by atoms with Crippen molar-refractivity contribution in [1.82, 2.24) is 14.9 Å². The van der Waals surface area contributed by atoms with Crippen LogP contribution in [-0.2, 0) is 34.0 Å². The number of hydrogen-bond donors (Lipinski definition) is 3. The lowest BCUT2D eigenvalue weighted by Crippen LogP contribution is -2.32. The lowest BCUT2D eigenvalue weighted by atomic mass is 9.98. The molecule has 1 unspecified atom stereocenters. The molecule has 3 aliphatic rings. The Bertz CT molecular complexity index is 1440. The number of aliphatic hydroxyl groups is 2. The van der Waals surface area contributed by atoms with Crippen molar-refractivity contribution < 1.29 is 34.0 Å². The van der Waals surface area contributed by atoms with E-state index in [2.05, 4.69) is 5.32 Å². The smallest absolute Gasteiger partial charge is 0.340 e. The second-order valence-electron chi connectivity index (χ2n) is 7.94. The lowest BCUT2D eigenvalue weighted by molar-refractivity contribution is -0.157. The highest BCUT2D eigenvalue weighted by atomic mass is 16.7. The van der Waals surface area contributed by atoms with E-state index in [-0.39, 0.29) is 43.2 Å². The van der Waals surface area contributed by atoms with Crippen LogP contribution in [0.25, 0.3) is 22.3 Å². The molecule has 5 heterocycles. The summed E-state index contributed by atoms with van der Waals surface area (Å²) in [5.74, 6) is -0.284. The predicted molar refractivity (Wildman–Crippen MR) is 110 cm³/mol. The molecule has 0 fully saturated rings. The minimum atomic E-state index is -1.55. The second kappa shape index (κ2) is 7.02. The molecule has 1 aromatic carbocycles. The van der Waals surface area contributed by atoms with Crippen molar-refractivity contribution in [2.45, 2.75) is 25.8 Å². The Morgan fingerprint density at radius 2 is 1.94 bits per heavy atom. The fraction of sp³-hybridized carbons (Fsp3) is 0.273. The van der Waals surface area contributed by atoms with Gasteiger partial charge in [-0.25, -0.2) is 9.78 Å². The Hall–Kier alpha value is -3.96. The van der Waals surface area contributed by atoms with Gasteiger partial charge in [0, 0.05) is 29.1 Å². The molecule has 3 aromatic rings. The predicted octanol–water partition coefficient (Wildman–Crippen LogP) is -0.147. The first-order valence-electron chi connectivity index (χ1n) is 10.2. The quantitative estimate of drug-likeness (QED) is 0.362. The fourth-order valence-corrected chi connectivity index (χ4v) is 4.54. The first kappa shape index (κ1) is 19.7. The van der Waals surface area contributed by atoms with E-state index in [1.807, 2.05) is 0 Å². The van der Waals surface area contributed by atoms with Gasteiger partial charge in [-0.1, -0.05) is 0 Å². The summed E-state index contributed by atoms with van der Waals surface area (Å²) in [6.07, 6.45) is -1.55. The van der Waals surface area contributed by atoms with Crippen LogP contribution in [0.4, 0.5) is 0 Å². The van der Waals surface area contributed by atoms with Crippen LogP contribution in [-0.4, -0.2) is 45.0 Å². The van der Waals surface area contributed by atoms with E-state index in [1.165, 1.54) is 4.57 Å². The zero-order valence-electron chi connectivity index (χ0n) is 17.1. The van der Waals surface area contributed by atoms with Crippen molar-refractivity contribution in [2.75, 3.05) is 13.4 Å². The number of ether oxygens (including phenoxy) is 3. The van der Waals surface area contributed by atoms with Gasteiger partial charge >= 0.3 is 5.97 Å². The number of hydrogen-bond acceptors (Lipinski definition) is 9. The van der Waals surface area contributed by atoms with Gasteiger partial charge in [-0.05, 0) is 17.7 Å². The summed E-state index contributed by atoms with van der Waals surface area (Å²) < 4.78 is 17.4. The number of aromatic nitrogens is 2. The molecule has 3 aliphatic heterocycles. The summed E-state index contributed by atoms with van der Waals surface area (Å²) in [5.41, 5.74) is 2.99. The van der Waals surface area contributed by atoms with Crippen LogP contribution in [0, 0.1) is 0 Å². The SMILES string of the molecule is O=C(CO)NCc1c2c(nc3cc4c(cc13)OCO4)-c1cc3c(c(=O)n1C2)COC(=O)C3O. The van der Waals surface area contributed by atoms with Crippen molar-refractivity contribution in [2.24, 2.45) is 0 Å². The maximum absolute atomic E-state index is 13.2. The number of nitrogens with zero attached hydrogens (tertiary/aromatic N) is 2. The van der Waals surface area contributed by atoms with Crippen LogP contribution in [0.2, 0.25) is 0 Å². The number of aliphatic hydroxyl groups excluding tert-OH is 2. The molecule has 11 heteroatoms. The summed E-state index contributed by atoms with van der Waals surface area (Å²) >= 11 is 0. The van der Waals surface area contributed by atoms with Crippen LogP contribution in [0.15, 0.2) is 23.0 Å². The molecule has 168 valence electrons. The third-order valence-corrected chi connectivity index (χ3v) is 6.17. The van der Waals surface area contributed by atoms with Crippen molar-refractivity contribution >= 4 is 22.8 Å². The maximum atomic E-state index is 13.2. The number of amides is 1. The van der Waals surface area contributed by atoms with Gasteiger partial charge in [0.05, 0.1) is 29.0 Å². The summed E-state index contributed by atoms with van der Waals surface area (Å²) in [7, 11) is 0. The highest BCUT2D eigenvalue weighted by molar-refractivity contribution is 5.91. The molecule has 1 amide bonds. The van der Waals surface area contributed by atoms with Crippen LogP contribution >= 0.6 is 0 Å². The van der Waals surface area contributed by atoms with Gasteiger partial charge in [0.25, 0.3) is 5.56 Å². The number of fused-ring (bicyclic) bond motifs is 6. The molecular weight excluding hydrogens is 434 g/mol. The molecule has 6 rings (SSSR count). The Labute approximate surface area is 185 Å². The number of carbonyl (C=O) groups is 2. The first-order chi connectivity index (χ1) is 16.0. The van der Waals surface area contributed by atoms with E-state index < -0.39 is 24.6 Å². The molecule has 33 heavy (non-hydrogen) atoms. The van der Waals surface area contributed by atoms with Crippen molar-refractivity contribution in [3.05, 3.63) is 50.8 Å². The fourth-order valence-electron chi connectivity index (χ4n) is 4.54. The van der Waals surface area contributed by atoms with Gasteiger partial charge in [-0.15, -0.1) is 0 Å². The lowest BCUT2D eigenvalue weighted by Gasteiger charge is -2.21. The molecular formula is C22H17N3O8. The van der Waals surface area contributed by atoms with Gasteiger partial charge < -0.3 is 34.3 Å². The van der Waals surface area contributed by atoms with Crippen LogP contribution in [0.1, 0.15) is 28.4 Å². The number of cyclic esters (lactones) is 1. The van der Waals surface area contributed by atoms with E-state index in [4.69, 9.17) is 24.3 Å². The zero-order valence-corrected chi connectivity index (χ0v) is 17.1. The summed E-state index contributed by atoms with van der Waals surface area (Å²) in [6, 6.07) is 5.09. The molecule has 0 aliphatic carbocycles. The largest absolute Gasteiger partial charge is 0.458 e. The molecule has 3 N–H and O–H groups in total. The average Bonchev–Trinajstić information content (AvgIpc) is 3.42. The standard InChI is InChI=1S/C22H17N3O8/c26-6-18(27)23-4-11-9-2-16-17(33-8-32-16)3-14(9)24-19-12(11)5-25-15(19)1-10-13(21(25)29)7-31-22(30)20(10)28/h1-3,20,26,28H,4-8H2,(H,23,27). The Morgan fingerprint density at radius 3 is 2.73 bits per heavy atom. The summed E-state index contributed by atoms with van der Waals surface area (Å²) in [4.78, 5) is 41.6. The highest BCUT2D eigenvalue weighted by Gasteiger charge is 2.35. The van der Waals surface area contributed by atoms with E-state index in [0.717, 1.165) is 0 Å². The number of rotatable bonds is 3. The Morgan fingerprint density at radius 1 is 1.15 bits per heavy atom. The van der Waals surface area contributed by atoms with Crippen LogP contribution in [0.3, 0.4) is 0 Å². The number of carbonyl (C=O) groups excluding carboxylic acids is 2. The molecule has 0 radical (unpaired) electrons. The van der Waals surface area contributed by atoms with Crippen molar-refractivity contribution in [3.63, 3.8) is 0 Å². The molecule has 2 aromatic heterocycles. The minimum absolute atomic E-state index is 0.0836. The number of pyridine rings is 2. The number of nitrogens with one attached hydrogen (secondary N) is 1. The summed E-state index contributed by atoms with van der Waals surface area (Å²) in [5, 5.41) is 22.8. The normalized spacial score (nSPS) is 17.4. The van der Waals surface area contributed by atoms with Crippen molar-refractivity contribution in [1.29, 1.82) is 0 Å². The number of esters is 1. The topological polar surface area (TPSA) is 149 Å². The Kier molecular flexibility index (Phi) is 4.19. The van der Waals surface area contributed by atoms with Crippen LogP contribution < -0.4 is 20.3 Å². The Balaban J connectivity index is 1.59. The van der Waals surface area contributed by atoms with E-state index in [1.54, 1.807) is 18.2 Å². The first-order valence-corrected chi connectivity index (χ1v) is 10.2. The zero-order chi connectivity index (χ0) is 22.9. The molecule has 11 nitrogen and oxygen atoms in total. The molecule has 0 saturated heterocycles. The molecule has 0 saturated carbocycles. The van der Waals surface area contributed by atoms with E-state index in [9.17, 15) is 19.5 Å². The molecule has 0 bridgehead atoms. The van der Waals surface area contributed by atoms with E-state index in [0.29, 0.717) is 44.9 Å². The van der Waals surface area contributed by atoms with Crippen molar-refractivity contribution in [3.8, 4) is 22.9 Å². The van der Waals surface area contributed by atoms with Gasteiger partial charge in [-0.3, -0.25) is 9.59 Å².